The Morgan fingerprint density at radius 3 is 2.67 bits per heavy atom. The minimum absolute atomic E-state index is 0.00547. The van der Waals surface area contributed by atoms with Gasteiger partial charge in [0.15, 0.2) is 6.10 Å². The molecular weight excluding hydrogens is 240 g/mol. The Hall–Kier alpha value is -1.34. The van der Waals surface area contributed by atoms with Crippen molar-refractivity contribution in [3.63, 3.8) is 0 Å². The summed E-state index contributed by atoms with van der Waals surface area (Å²) in [4.78, 5) is 21.6. The molecule has 4 N–H and O–H groups in total. The van der Waals surface area contributed by atoms with Crippen molar-refractivity contribution in [2.75, 3.05) is 19.7 Å². The Morgan fingerprint density at radius 2 is 2.06 bits per heavy atom. The van der Waals surface area contributed by atoms with Gasteiger partial charge in [-0.15, -0.1) is 0 Å². The van der Waals surface area contributed by atoms with Crippen LogP contribution in [0, 0.1) is 0 Å². The first-order chi connectivity index (χ1) is 8.59. The van der Waals surface area contributed by atoms with Crippen LogP contribution in [0.25, 0.3) is 0 Å². The summed E-state index contributed by atoms with van der Waals surface area (Å²) in [7, 11) is 0. The summed E-state index contributed by atoms with van der Waals surface area (Å²) in [5.41, 5.74) is 0. The predicted molar refractivity (Wildman–Crippen MR) is 63.3 cm³/mol. The van der Waals surface area contributed by atoms with E-state index in [9.17, 15) is 9.59 Å². The number of hydrogen-bond donors (Lipinski definition) is 4. The number of amides is 2. The average molecular weight is 260 g/mol. The van der Waals surface area contributed by atoms with Gasteiger partial charge in [-0.2, -0.15) is 0 Å². The van der Waals surface area contributed by atoms with Gasteiger partial charge < -0.3 is 25.6 Å². The number of ether oxygens (including phenoxy) is 1. The van der Waals surface area contributed by atoms with E-state index in [0.717, 1.165) is 25.9 Å². The first kappa shape index (κ1) is 14.7. The summed E-state index contributed by atoms with van der Waals surface area (Å²) in [5.74, 6) is -1.28. The zero-order valence-electron chi connectivity index (χ0n) is 10.2. The molecule has 2 atom stereocenters. The molecule has 104 valence electrons. The molecule has 1 saturated heterocycles. The van der Waals surface area contributed by atoms with E-state index in [-0.39, 0.29) is 25.1 Å². The number of carbonyl (C=O) groups excluding carboxylic acids is 1. The molecule has 0 aromatic rings. The van der Waals surface area contributed by atoms with Gasteiger partial charge in [-0.25, -0.2) is 9.59 Å². The Balaban J connectivity index is 1.98. The lowest BCUT2D eigenvalue weighted by Gasteiger charge is -2.11. The molecule has 1 heterocycles. The normalized spacial score (nSPS) is 20.4. The van der Waals surface area contributed by atoms with Gasteiger partial charge in [0, 0.05) is 26.1 Å². The number of aliphatic hydroxyl groups is 1. The molecule has 7 nitrogen and oxygen atoms in total. The van der Waals surface area contributed by atoms with E-state index in [2.05, 4.69) is 10.6 Å². The molecular formula is C11H20N2O5. The maximum Gasteiger partial charge on any atom is 0.332 e. The van der Waals surface area contributed by atoms with Crippen LogP contribution in [-0.4, -0.2) is 54.1 Å². The first-order valence-electron chi connectivity index (χ1n) is 6.13. The van der Waals surface area contributed by atoms with E-state index in [0.29, 0.717) is 6.54 Å². The quantitative estimate of drug-likeness (QED) is 0.502. The van der Waals surface area contributed by atoms with Crippen molar-refractivity contribution >= 4 is 12.0 Å². The molecule has 0 bridgehead atoms. The van der Waals surface area contributed by atoms with Gasteiger partial charge in [0.25, 0.3) is 0 Å². The number of nitrogens with one attached hydrogen (secondary N) is 2. The number of urea groups is 1. The largest absolute Gasteiger partial charge is 0.479 e. The molecule has 0 spiro atoms. The summed E-state index contributed by atoms with van der Waals surface area (Å²) < 4.78 is 5.40. The van der Waals surface area contributed by atoms with Gasteiger partial charge in [-0.1, -0.05) is 0 Å². The number of aliphatic hydroxyl groups excluding tert-OH is 1. The van der Waals surface area contributed by atoms with Crippen LogP contribution in [0.2, 0.25) is 0 Å². The second-order valence-corrected chi connectivity index (χ2v) is 4.25. The van der Waals surface area contributed by atoms with Gasteiger partial charge in [0.2, 0.25) is 0 Å². The Kier molecular flexibility index (Phi) is 6.45. The van der Waals surface area contributed by atoms with Crippen LogP contribution in [0.5, 0.6) is 0 Å². The lowest BCUT2D eigenvalue weighted by Crippen LogP contribution is -2.38. The monoisotopic (exact) mass is 260 g/mol. The Bertz CT molecular complexity index is 279. The molecule has 1 fully saturated rings. The highest BCUT2D eigenvalue weighted by Gasteiger charge is 2.15. The summed E-state index contributed by atoms with van der Waals surface area (Å²) >= 11 is 0. The van der Waals surface area contributed by atoms with Crippen LogP contribution in [0.4, 0.5) is 4.79 Å². The van der Waals surface area contributed by atoms with Crippen LogP contribution in [0.1, 0.15) is 25.7 Å². The lowest BCUT2D eigenvalue weighted by atomic mass is 10.2. The third-order valence-electron chi connectivity index (χ3n) is 2.76. The highest BCUT2D eigenvalue weighted by molar-refractivity contribution is 5.74. The van der Waals surface area contributed by atoms with Crippen molar-refractivity contribution in [3.8, 4) is 0 Å². The second kappa shape index (κ2) is 7.88. The number of carboxylic acid groups (broad SMARTS) is 1. The van der Waals surface area contributed by atoms with Gasteiger partial charge in [-0.3, -0.25) is 0 Å². The van der Waals surface area contributed by atoms with E-state index in [1.165, 1.54) is 0 Å². The average Bonchev–Trinajstić information content (AvgIpc) is 2.81. The summed E-state index contributed by atoms with van der Waals surface area (Å²) in [6, 6.07) is -0.356. The van der Waals surface area contributed by atoms with Crippen molar-refractivity contribution in [2.45, 2.75) is 37.9 Å². The van der Waals surface area contributed by atoms with E-state index in [4.69, 9.17) is 14.9 Å². The van der Waals surface area contributed by atoms with E-state index < -0.39 is 12.1 Å². The third kappa shape index (κ3) is 5.83. The van der Waals surface area contributed by atoms with E-state index in [1.54, 1.807) is 0 Å². The zero-order chi connectivity index (χ0) is 13.4. The summed E-state index contributed by atoms with van der Waals surface area (Å²) in [6.45, 7) is 1.45. The fraction of sp³-hybridized carbons (Fsp3) is 0.818. The highest BCUT2D eigenvalue weighted by Crippen LogP contribution is 2.14. The molecule has 7 heteroatoms. The Labute approximate surface area is 106 Å². The topological polar surface area (TPSA) is 108 Å². The molecule has 18 heavy (non-hydrogen) atoms. The number of hydrogen-bond acceptors (Lipinski definition) is 4. The van der Waals surface area contributed by atoms with Gasteiger partial charge in [0.1, 0.15) is 0 Å². The maximum atomic E-state index is 11.3. The summed E-state index contributed by atoms with van der Waals surface area (Å²) in [5, 5.41) is 22.5. The van der Waals surface area contributed by atoms with Gasteiger partial charge in [0.05, 0.1) is 6.10 Å². The maximum absolute atomic E-state index is 11.3. The van der Waals surface area contributed by atoms with E-state index >= 15 is 0 Å². The number of carbonyl (C=O) groups is 2. The number of carboxylic acids is 1. The zero-order valence-corrected chi connectivity index (χ0v) is 10.2. The van der Waals surface area contributed by atoms with Crippen molar-refractivity contribution in [1.29, 1.82) is 0 Å². The van der Waals surface area contributed by atoms with Crippen molar-refractivity contribution in [1.82, 2.24) is 10.6 Å². The van der Waals surface area contributed by atoms with Crippen LogP contribution in [-0.2, 0) is 9.53 Å². The highest BCUT2D eigenvalue weighted by atomic mass is 16.5. The van der Waals surface area contributed by atoms with Crippen LogP contribution < -0.4 is 10.6 Å². The standard InChI is InChI=1S/C11H20N2O5/c14-9(10(15)16)4-6-13-11(17)12-5-3-8-2-1-7-18-8/h8-9,14H,1-7H2,(H,15,16)(H2,12,13,17)/t8?,9-/m0/s1. The fourth-order valence-electron chi connectivity index (χ4n) is 1.73. The SMILES string of the molecule is O=C(NCCC1CCCO1)NCC[C@H](O)C(=O)O. The molecule has 0 aromatic heterocycles. The molecule has 0 saturated carbocycles. The molecule has 0 aliphatic carbocycles. The Morgan fingerprint density at radius 1 is 1.33 bits per heavy atom. The molecule has 1 aliphatic rings. The molecule has 1 aliphatic heterocycles. The smallest absolute Gasteiger partial charge is 0.332 e. The van der Waals surface area contributed by atoms with Gasteiger partial charge in [-0.05, 0) is 19.3 Å². The van der Waals surface area contributed by atoms with Crippen LogP contribution in [0.3, 0.4) is 0 Å². The lowest BCUT2D eigenvalue weighted by molar-refractivity contribution is -0.146. The van der Waals surface area contributed by atoms with Crippen LogP contribution >= 0.6 is 0 Å². The van der Waals surface area contributed by atoms with E-state index in [1.807, 2.05) is 0 Å². The fourth-order valence-corrected chi connectivity index (χ4v) is 1.73. The predicted octanol–water partition coefficient (Wildman–Crippen LogP) is -0.310. The third-order valence-corrected chi connectivity index (χ3v) is 2.76. The van der Waals surface area contributed by atoms with Crippen molar-refractivity contribution in [2.24, 2.45) is 0 Å². The molecule has 2 amide bonds. The number of rotatable bonds is 7. The second-order valence-electron chi connectivity index (χ2n) is 4.25. The summed E-state index contributed by atoms with van der Waals surface area (Å²) in [6.07, 6.45) is 1.69. The molecule has 1 rings (SSSR count). The van der Waals surface area contributed by atoms with Crippen LogP contribution in [0.15, 0.2) is 0 Å². The molecule has 1 unspecified atom stereocenters. The van der Waals surface area contributed by atoms with Crippen molar-refractivity contribution < 1.29 is 24.5 Å². The number of aliphatic carboxylic acids is 1. The molecule has 0 aromatic carbocycles. The minimum atomic E-state index is -1.43. The van der Waals surface area contributed by atoms with Crippen molar-refractivity contribution in [3.05, 3.63) is 0 Å². The van der Waals surface area contributed by atoms with Gasteiger partial charge >= 0.3 is 12.0 Å². The first-order valence-corrected chi connectivity index (χ1v) is 6.13. The molecule has 0 radical (unpaired) electrons. The minimum Gasteiger partial charge on any atom is -0.479 e.